The van der Waals surface area contributed by atoms with Gasteiger partial charge in [0.05, 0.1) is 33.6 Å². The highest BCUT2D eigenvalue weighted by atomic mass is 35.5. The highest BCUT2D eigenvalue weighted by Gasteiger charge is 2.20. The van der Waals surface area contributed by atoms with E-state index in [-0.39, 0.29) is 11.5 Å². The first kappa shape index (κ1) is 21.4. The van der Waals surface area contributed by atoms with Gasteiger partial charge in [-0.1, -0.05) is 17.7 Å². The molecular weight excluding hydrogens is 442 g/mol. The fourth-order valence-corrected chi connectivity index (χ4v) is 4.62. The maximum absolute atomic E-state index is 12.4. The second-order valence-corrected chi connectivity index (χ2v) is 8.61. The smallest absolute Gasteiger partial charge is 0.276 e. The van der Waals surface area contributed by atoms with E-state index in [1.165, 1.54) is 6.20 Å². The molecule has 4 heterocycles. The van der Waals surface area contributed by atoms with E-state index < -0.39 is 0 Å². The fourth-order valence-electron chi connectivity index (χ4n) is 4.41. The first-order valence-corrected chi connectivity index (χ1v) is 11.2. The van der Waals surface area contributed by atoms with Crippen LogP contribution in [0.5, 0.6) is 0 Å². The molecule has 0 bridgehead atoms. The Morgan fingerprint density at radius 1 is 1.18 bits per heavy atom. The Morgan fingerprint density at radius 2 is 1.97 bits per heavy atom. The Balaban J connectivity index is 1.29. The third kappa shape index (κ3) is 3.94. The molecule has 0 atom stereocenters. The number of nitrogens with zero attached hydrogens (tertiary/aromatic N) is 5. The van der Waals surface area contributed by atoms with Crippen LogP contribution in [-0.4, -0.2) is 63.6 Å². The van der Waals surface area contributed by atoms with Crippen LogP contribution in [0.25, 0.3) is 16.6 Å². The zero-order valence-electron chi connectivity index (χ0n) is 18.4. The van der Waals surface area contributed by atoms with Crippen molar-refractivity contribution < 1.29 is 4.79 Å². The number of aryl methyl sites for hydroxylation is 1. The maximum Gasteiger partial charge on any atom is 0.276 e. The quantitative estimate of drug-likeness (QED) is 0.479. The van der Waals surface area contributed by atoms with Crippen LogP contribution in [0.1, 0.15) is 21.7 Å². The van der Waals surface area contributed by atoms with Gasteiger partial charge < -0.3 is 15.2 Å². The summed E-state index contributed by atoms with van der Waals surface area (Å²) in [5.74, 6) is -0.178. The van der Waals surface area contributed by atoms with Crippen LogP contribution in [0, 0.1) is 6.92 Å². The fraction of sp³-hybridized carbons (Fsp3) is 0.304. The number of carbonyl (C=O) groups excluding carboxylic acids is 1. The SMILES string of the molecule is CNC(=O)c1ccc(N2CCN(Cc3ccc4c(c3)[nH]c(=O)c3c(Cl)cnn34)CC2)c(C)n1. The molecule has 33 heavy (non-hydrogen) atoms. The number of aromatic nitrogens is 4. The van der Waals surface area contributed by atoms with Crippen molar-refractivity contribution in [2.75, 3.05) is 38.1 Å². The van der Waals surface area contributed by atoms with E-state index >= 15 is 0 Å². The molecule has 3 aromatic heterocycles. The number of aromatic amines is 1. The van der Waals surface area contributed by atoms with E-state index in [1.54, 1.807) is 17.6 Å². The predicted molar refractivity (Wildman–Crippen MR) is 128 cm³/mol. The number of rotatable bonds is 4. The van der Waals surface area contributed by atoms with Gasteiger partial charge >= 0.3 is 0 Å². The number of pyridine rings is 1. The molecule has 1 amide bonds. The standard InChI is InChI=1S/C23H24ClN7O2/c1-14-19(6-4-17(27-14)22(32)25-2)30-9-7-29(8-10-30)13-15-3-5-20-18(11-15)28-23(33)21-16(24)12-26-31(20)21/h3-6,11-12H,7-10,13H2,1-2H3,(H,25,32)(H,28,33). The van der Waals surface area contributed by atoms with Gasteiger partial charge in [-0.3, -0.25) is 14.5 Å². The van der Waals surface area contributed by atoms with Crippen LogP contribution in [0.3, 0.4) is 0 Å². The normalized spacial score (nSPS) is 14.8. The highest BCUT2D eigenvalue weighted by molar-refractivity contribution is 6.33. The lowest BCUT2D eigenvalue weighted by Gasteiger charge is -2.36. The maximum atomic E-state index is 12.4. The minimum Gasteiger partial charge on any atom is -0.368 e. The summed E-state index contributed by atoms with van der Waals surface area (Å²) in [4.78, 5) is 36.3. The number of nitrogens with one attached hydrogen (secondary N) is 2. The zero-order chi connectivity index (χ0) is 23.1. The Labute approximate surface area is 195 Å². The lowest BCUT2D eigenvalue weighted by Crippen LogP contribution is -2.46. The molecule has 0 saturated carbocycles. The molecule has 1 aliphatic heterocycles. The van der Waals surface area contributed by atoms with Crippen molar-refractivity contribution in [3.8, 4) is 0 Å². The van der Waals surface area contributed by atoms with Gasteiger partial charge in [0, 0.05) is 39.8 Å². The number of carbonyl (C=O) groups is 1. The molecule has 0 unspecified atom stereocenters. The number of halogens is 1. The highest BCUT2D eigenvalue weighted by Crippen LogP contribution is 2.22. The van der Waals surface area contributed by atoms with Crippen molar-refractivity contribution in [2.45, 2.75) is 13.5 Å². The lowest BCUT2D eigenvalue weighted by molar-refractivity contribution is 0.0958. The summed E-state index contributed by atoms with van der Waals surface area (Å²) in [6, 6.07) is 9.78. The van der Waals surface area contributed by atoms with Crippen molar-refractivity contribution >= 4 is 39.7 Å². The van der Waals surface area contributed by atoms with E-state index in [0.29, 0.717) is 16.2 Å². The lowest BCUT2D eigenvalue weighted by atomic mass is 10.1. The molecule has 0 aliphatic carbocycles. The number of hydrogen-bond donors (Lipinski definition) is 2. The van der Waals surface area contributed by atoms with Crippen molar-refractivity contribution in [1.29, 1.82) is 0 Å². The Kier molecular flexibility index (Phi) is 5.51. The number of hydrogen-bond acceptors (Lipinski definition) is 6. The molecule has 2 N–H and O–H groups in total. The molecule has 4 aromatic rings. The van der Waals surface area contributed by atoms with Gasteiger partial charge in [0.1, 0.15) is 5.69 Å². The minimum atomic E-state index is -0.248. The number of benzene rings is 1. The van der Waals surface area contributed by atoms with Crippen molar-refractivity contribution in [3.63, 3.8) is 0 Å². The van der Waals surface area contributed by atoms with Crippen LogP contribution in [0.15, 0.2) is 41.3 Å². The number of fused-ring (bicyclic) bond motifs is 3. The van der Waals surface area contributed by atoms with E-state index in [0.717, 1.165) is 60.7 Å². The number of anilines is 1. The Bertz CT molecular complexity index is 1420. The average Bonchev–Trinajstić information content (AvgIpc) is 3.21. The van der Waals surface area contributed by atoms with E-state index in [4.69, 9.17) is 11.6 Å². The first-order valence-electron chi connectivity index (χ1n) is 10.8. The van der Waals surface area contributed by atoms with Gasteiger partial charge in [-0.05, 0) is 36.8 Å². The predicted octanol–water partition coefficient (Wildman–Crippen LogP) is 2.21. The summed E-state index contributed by atoms with van der Waals surface area (Å²) in [7, 11) is 1.60. The molecule has 10 heteroatoms. The summed E-state index contributed by atoms with van der Waals surface area (Å²) in [5.41, 5.74) is 5.14. The second kappa shape index (κ2) is 8.49. The molecule has 1 saturated heterocycles. The largest absolute Gasteiger partial charge is 0.368 e. The molecule has 1 fully saturated rings. The van der Waals surface area contributed by atoms with Gasteiger partial charge in [0.15, 0.2) is 5.52 Å². The number of piperazine rings is 1. The second-order valence-electron chi connectivity index (χ2n) is 8.20. The van der Waals surface area contributed by atoms with Crippen LogP contribution < -0.4 is 15.8 Å². The van der Waals surface area contributed by atoms with Crippen molar-refractivity contribution in [3.05, 3.63) is 68.9 Å². The molecule has 5 rings (SSSR count). The summed E-state index contributed by atoms with van der Waals surface area (Å²) in [6.07, 6.45) is 1.49. The van der Waals surface area contributed by atoms with Gasteiger partial charge in [-0.2, -0.15) is 5.10 Å². The summed E-state index contributed by atoms with van der Waals surface area (Å²) in [5, 5.41) is 7.19. The van der Waals surface area contributed by atoms with Gasteiger partial charge in [0.25, 0.3) is 11.5 Å². The first-order chi connectivity index (χ1) is 15.9. The van der Waals surface area contributed by atoms with E-state index in [9.17, 15) is 9.59 Å². The molecule has 1 aromatic carbocycles. The van der Waals surface area contributed by atoms with E-state index in [1.807, 2.05) is 25.1 Å². The van der Waals surface area contributed by atoms with Crippen LogP contribution in [-0.2, 0) is 6.54 Å². The summed E-state index contributed by atoms with van der Waals surface area (Å²) >= 11 is 6.10. The molecule has 0 spiro atoms. The van der Waals surface area contributed by atoms with Gasteiger partial charge in [-0.15, -0.1) is 0 Å². The molecular formula is C23H24ClN7O2. The van der Waals surface area contributed by atoms with Crippen LogP contribution in [0.2, 0.25) is 5.02 Å². The topological polar surface area (TPSA) is 98.6 Å². The minimum absolute atomic E-state index is 0.178. The molecule has 0 radical (unpaired) electrons. The molecule has 1 aliphatic rings. The van der Waals surface area contributed by atoms with E-state index in [2.05, 4.69) is 36.2 Å². The van der Waals surface area contributed by atoms with Crippen LogP contribution in [0.4, 0.5) is 5.69 Å². The van der Waals surface area contributed by atoms with Crippen LogP contribution >= 0.6 is 11.6 Å². The average molecular weight is 466 g/mol. The molecule has 9 nitrogen and oxygen atoms in total. The van der Waals surface area contributed by atoms with Gasteiger partial charge in [-0.25, -0.2) is 9.50 Å². The summed E-state index contributed by atoms with van der Waals surface area (Å²) in [6.45, 7) is 6.28. The third-order valence-corrected chi connectivity index (χ3v) is 6.39. The number of H-pyrrole nitrogens is 1. The van der Waals surface area contributed by atoms with Crippen molar-refractivity contribution in [1.82, 2.24) is 29.8 Å². The van der Waals surface area contributed by atoms with Crippen molar-refractivity contribution in [2.24, 2.45) is 0 Å². The number of amides is 1. The summed E-state index contributed by atoms with van der Waals surface area (Å²) < 4.78 is 1.59. The Hall–Kier alpha value is -3.43. The molecule has 170 valence electrons. The zero-order valence-corrected chi connectivity index (χ0v) is 19.2. The monoisotopic (exact) mass is 465 g/mol. The third-order valence-electron chi connectivity index (χ3n) is 6.11. The van der Waals surface area contributed by atoms with Gasteiger partial charge in [0.2, 0.25) is 0 Å². The Morgan fingerprint density at radius 3 is 2.70 bits per heavy atom.